The van der Waals surface area contributed by atoms with Crippen LogP contribution in [0.1, 0.15) is 34.7 Å². The standard InChI is InChI=1S/C21H18F2N2O/c22-17-6-7-19(23)18(12-17)16-4-2-10-25(13-16)21(26)15-5-8-20-14(11-15)3-1-9-24-20/h1,3,5-9,11-12,16H,2,4,10,13H2. The highest BCUT2D eigenvalue weighted by Gasteiger charge is 2.27. The molecule has 2 aromatic carbocycles. The molecule has 3 nitrogen and oxygen atoms in total. The Balaban J connectivity index is 1.58. The number of likely N-dealkylation sites (tertiary alicyclic amines) is 1. The molecule has 1 saturated heterocycles. The van der Waals surface area contributed by atoms with Crippen LogP contribution >= 0.6 is 0 Å². The average molecular weight is 352 g/mol. The van der Waals surface area contributed by atoms with Crippen LogP contribution in [0.4, 0.5) is 8.78 Å². The molecule has 26 heavy (non-hydrogen) atoms. The fourth-order valence-corrected chi connectivity index (χ4v) is 3.63. The third-order valence-electron chi connectivity index (χ3n) is 4.96. The van der Waals surface area contributed by atoms with E-state index in [1.165, 1.54) is 6.07 Å². The first kappa shape index (κ1) is 16.6. The number of benzene rings is 2. The fourth-order valence-electron chi connectivity index (χ4n) is 3.63. The van der Waals surface area contributed by atoms with Crippen molar-refractivity contribution in [1.82, 2.24) is 9.88 Å². The van der Waals surface area contributed by atoms with E-state index in [1.54, 1.807) is 17.2 Å². The summed E-state index contributed by atoms with van der Waals surface area (Å²) in [5.41, 5.74) is 1.78. The summed E-state index contributed by atoms with van der Waals surface area (Å²) < 4.78 is 27.6. The molecule has 1 fully saturated rings. The number of hydrogen-bond donors (Lipinski definition) is 0. The number of halogens is 2. The summed E-state index contributed by atoms with van der Waals surface area (Å²) in [5, 5.41) is 0.906. The fraction of sp³-hybridized carbons (Fsp3) is 0.238. The summed E-state index contributed by atoms with van der Waals surface area (Å²) in [7, 11) is 0. The number of piperidine rings is 1. The molecule has 1 aromatic heterocycles. The van der Waals surface area contributed by atoms with Crippen LogP contribution in [0.3, 0.4) is 0 Å². The van der Waals surface area contributed by atoms with Crippen molar-refractivity contribution >= 4 is 16.8 Å². The molecule has 132 valence electrons. The predicted molar refractivity (Wildman–Crippen MR) is 96.0 cm³/mol. The molecule has 1 atom stereocenters. The molecule has 1 aliphatic rings. The minimum Gasteiger partial charge on any atom is -0.338 e. The van der Waals surface area contributed by atoms with Crippen molar-refractivity contribution < 1.29 is 13.6 Å². The van der Waals surface area contributed by atoms with E-state index < -0.39 is 11.6 Å². The number of rotatable bonds is 2. The van der Waals surface area contributed by atoms with Gasteiger partial charge in [0.1, 0.15) is 11.6 Å². The Labute approximate surface area is 150 Å². The zero-order chi connectivity index (χ0) is 18.1. The molecule has 0 N–H and O–H groups in total. The molecule has 0 radical (unpaired) electrons. The normalized spacial score (nSPS) is 17.5. The maximum absolute atomic E-state index is 14.1. The minimum absolute atomic E-state index is 0.0859. The Morgan fingerprint density at radius 1 is 1.12 bits per heavy atom. The van der Waals surface area contributed by atoms with Crippen LogP contribution in [0.25, 0.3) is 10.9 Å². The first-order valence-corrected chi connectivity index (χ1v) is 8.71. The van der Waals surface area contributed by atoms with Gasteiger partial charge in [-0.05, 0) is 60.9 Å². The Kier molecular flexibility index (Phi) is 4.37. The number of carbonyl (C=O) groups is 1. The smallest absolute Gasteiger partial charge is 0.253 e. The van der Waals surface area contributed by atoms with Gasteiger partial charge in [-0.1, -0.05) is 6.07 Å². The van der Waals surface area contributed by atoms with E-state index in [0.29, 0.717) is 24.2 Å². The zero-order valence-electron chi connectivity index (χ0n) is 14.2. The summed E-state index contributed by atoms with van der Waals surface area (Å²) in [6, 6.07) is 12.7. The van der Waals surface area contributed by atoms with Gasteiger partial charge in [-0.2, -0.15) is 0 Å². The first-order valence-electron chi connectivity index (χ1n) is 8.71. The molecule has 0 saturated carbocycles. The van der Waals surface area contributed by atoms with E-state index in [9.17, 15) is 13.6 Å². The van der Waals surface area contributed by atoms with E-state index in [4.69, 9.17) is 0 Å². The lowest BCUT2D eigenvalue weighted by molar-refractivity contribution is 0.0706. The Morgan fingerprint density at radius 3 is 2.88 bits per heavy atom. The first-order chi connectivity index (χ1) is 12.6. The second-order valence-electron chi connectivity index (χ2n) is 6.67. The van der Waals surface area contributed by atoms with Crippen LogP contribution in [-0.2, 0) is 0 Å². The highest BCUT2D eigenvalue weighted by molar-refractivity contribution is 5.98. The maximum atomic E-state index is 14.1. The van der Waals surface area contributed by atoms with Gasteiger partial charge in [0.2, 0.25) is 0 Å². The summed E-state index contributed by atoms with van der Waals surface area (Å²) in [6.45, 7) is 1.02. The van der Waals surface area contributed by atoms with E-state index in [2.05, 4.69) is 4.98 Å². The zero-order valence-corrected chi connectivity index (χ0v) is 14.2. The van der Waals surface area contributed by atoms with Gasteiger partial charge in [0.05, 0.1) is 5.52 Å². The van der Waals surface area contributed by atoms with Crippen molar-refractivity contribution in [2.24, 2.45) is 0 Å². The minimum atomic E-state index is -0.452. The SMILES string of the molecule is O=C(c1ccc2ncccc2c1)N1CCCC(c2cc(F)ccc2F)C1. The van der Waals surface area contributed by atoms with Crippen LogP contribution in [0, 0.1) is 11.6 Å². The highest BCUT2D eigenvalue weighted by atomic mass is 19.1. The van der Waals surface area contributed by atoms with E-state index in [1.807, 2.05) is 24.3 Å². The van der Waals surface area contributed by atoms with Crippen molar-refractivity contribution in [3.05, 3.63) is 77.5 Å². The second kappa shape index (κ2) is 6.83. The van der Waals surface area contributed by atoms with Gasteiger partial charge in [-0.15, -0.1) is 0 Å². The van der Waals surface area contributed by atoms with Crippen molar-refractivity contribution in [2.45, 2.75) is 18.8 Å². The topological polar surface area (TPSA) is 33.2 Å². The lowest BCUT2D eigenvalue weighted by Gasteiger charge is -2.33. The van der Waals surface area contributed by atoms with Crippen molar-refractivity contribution in [1.29, 1.82) is 0 Å². The van der Waals surface area contributed by atoms with Gasteiger partial charge >= 0.3 is 0 Å². The molecule has 5 heteroatoms. The number of amides is 1. The maximum Gasteiger partial charge on any atom is 0.253 e. The molecule has 1 unspecified atom stereocenters. The highest BCUT2D eigenvalue weighted by Crippen LogP contribution is 2.30. The van der Waals surface area contributed by atoms with Gasteiger partial charge in [0.15, 0.2) is 0 Å². The lowest BCUT2D eigenvalue weighted by atomic mass is 9.90. The lowest BCUT2D eigenvalue weighted by Crippen LogP contribution is -2.39. The van der Waals surface area contributed by atoms with Gasteiger partial charge in [-0.25, -0.2) is 8.78 Å². The monoisotopic (exact) mass is 352 g/mol. The molecule has 0 bridgehead atoms. The molecular formula is C21H18F2N2O. The van der Waals surface area contributed by atoms with E-state index in [-0.39, 0.29) is 11.8 Å². The predicted octanol–water partition coefficient (Wildman–Crippen LogP) is 4.53. The second-order valence-corrected chi connectivity index (χ2v) is 6.67. The quantitative estimate of drug-likeness (QED) is 0.679. The summed E-state index contributed by atoms with van der Waals surface area (Å²) in [6.07, 6.45) is 3.22. The Morgan fingerprint density at radius 2 is 2.00 bits per heavy atom. The summed E-state index contributed by atoms with van der Waals surface area (Å²) >= 11 is 0. The van der Waals surface area contributed by atoms with Crippen LogP contribution in [0.15, 0.2) is 54.7 Å². The van der Waals surface area contributed by atoms with Crippen LogP contribution in [-0.4, -0.2) is 28.9 Å². The molecular weight excluding hydrogens is 334 g/mol. The number of pyridine rings is 1. The summed E-state index contributed by atoms with van der Waals surface area (Å²) in [4.78, 5) is 18.9. The van der Waals surface area contributed by atoms with Gasteiger partial charge < -0.3 is 4.90 Å². The van der Waals surface area contributed by atoms with Crippen LogP contribution in [0.5, 0.6) is 0 Å². The molecule has 3 aromatic rings. The molecule has 1 amide bonds. The molecule has 0 spiro atoms. The third kappa shape index (κ3) is 3.17. The van der Waals surface area contributed by atoms with Gasteiger partial charge in [0.25, 0.3) is 5.91 Å². The largest absolute Gasteiger partial charge is 0.338 e. The number of fused-ring (bicyclic) bond motifs is 1. The molecule has 2 heterocycles. The molecule has 0 aliphatic carbocycles. The van der Waals surface area contributed by atoms with Crippen LogP contribution < -0.4 is 0 Å². The van der Waals surface area contributed by atoms with Crippen LogP contribution in [0.2, 0.25) is 0 Å². The van der Waals surface area contributed by atoms with Crippen molar-refractivity contribution in [3.8, 4) is 0 Å². The molecule has 4 rings (SSSR count). The number of hydrogen-bond acceptors (Lipinski definition) is 2. The molecule has 1 aliphatic heterocycles. The van der Waals surface area contributed by atoms with Crippen molar-refractivity contribution in [2.75, 3.05) is 13.1 Å². The average Bonchev–Trinajstić information content (AvgIpc) is 2.69. The Bertz CT molecular complexity index is 973. The number of nitrogens with zero attached hydrogens (tertiary/aromatic N) is 2. The summed E-state index contributed by atoms with van der Waals surface area (Å²) in [5.74, 6) is -1.14. The third-order valence-corrected chi connectivity index (χ3v) is 4.96. The van der Waals surface area contributed by atoms with E-state index in [0.717, 1.165) is 35.9 Å². The number of carbonyl (C=O) groups excluding carboxylic acids is 1. The van der Waals surface area contributed by atoms with Gasteiger partial charge in [-0.3, -0.25) is 9.78 Å². The van der Waals surface area contributed by atoms with Gasteiger partial charge in [0, 0.05) is 36.2 Å². The Hall–Kier alpha value is -2.82. The van der Waals surface area contributed by atoms with E-state index >= 15 is 0 Å². The van der Waals surface area contributed by atoms with Crippen molar-refractivity contribution in [3.63, 3.8) is 0 Å². The number of aromatic nitrogens is 1.